The molecule has 1 fully saturated rings. The molecule has 13 nitrogen and oxygen atoms in total. The van der Waals surface area contributed by atoms with Crippen LogP contribution in [0, 0.1) is 32.1 Å². The van der Waals surface area contributed by atoms with Crippen LogP contribution in [0.5, 0.6) is 0 Å². The first-order valence-electron chi connectivity index (χ1n) is 15.4. The van der Waals surface area contributed by atoms with Crippen LogP contribution in [0.4, 0.5) is 0 Å². The van der Waals surface area contributed by atoms with Crippen molar-refractivity contribution in [2.24, 2.45) is 11.8 Å². The molecular formula is C31H46N2O11. The van der Waals surface area contributed by atoms with Gasteiger partial charge in [-0.1, -0.05) is 63.0 Å². The van der Waals surface area contributed by atoms with E-state index < -0.39 is 41.6 Å². The number of aliphatic hydroxyl groups excluding tert-OH is 2. The highest BCUT2D eigenvalue weighted by atomic mass is 17.0. The normalized spacial score (nSPS) is 19.6. The lowest BCUT2D eigenvalue weighted by Gasteiger charge is -2.22. The van der Waals surface area contributed by atoms with E-state index in [2.05, 4.69) is 16.6 Å². The summed E-state index contributed by atoms with van der Waals surface area (Å²) in [6.07, 6.45) is 12.0. The van der Waals surface area contributed by atoms with Crippen molar-refractivity contribution in [3.63, 3.8) is 0 Å². The number of esters is 1. The minimum atomic E-state index is -0.975. The molecule has 0 spiro atoms. The fraction of sp³-hybridized carbons (Fsp3) is 0.677. The van der Waals surface area contributed by atoms with E-state index in [4.69, 9.17) is 4.74 Å². The molecule has 246 valence electrons. The van der Waals surface area contributed by atoms with Gasteiger partial charge in [-0.25, -0.2) is 0 Å². The Hall–Kier alpha value is -3.58. The van der Waals surface area contributed by atoms with E-state index in [9.17, 15) is 40.0 Å². The zero-order chi connectivity index (χ0) is 32.3. The summed E-state index contributed by atoms with van der Waals surface area (Å²) < 4.78 is 5.30. The van der Waals surface area contributed by atoms with Gasteiger partial charge in [0, 0.05) is 19.3 Å². The van der Waals surface area contributed by atoms with Gasteiger partial charge in [0.2, 0.25) is 0 Å². The van der Waals surface area contributed by atoms with Crippen molar-refractivity contribution in [2.45, 2.75) is 122 Å². The highest BCUT2D eigenvalue weighted by Crippen LogP contribution is 2.38. The second kappa shape index (κ2) is 20.4. The van der Waals surface area contributed by atoms with Gasteiger partial charge in [-0.05, 0) is 67.1 Å². The smallest absolute Gasteiger partial charge is 0.306 e. The molecule has 0 aliphatic heterocycles. The first kappa shape index (κ1) is 36.6. The summed E-state index contributed by atoms with van der Waals surface area (Å²) in [5, 5.41) is 40.0. The van der Waals surface area contributed by atoms with Crippen LogP contribution in [0.1, 0.15) is 107 Å². The molecule has 2 N–H and O–H groups in total. The number of aliphatic hydroxyl groups is 2. The van der Waals surface area contributed by atoms with Crippen LogP contribution < -0.4 is 0 Å². The summed E-state index contributed by atoms with van der Waals surface area (Å²) in [7, 11) is 0. The topological polar surface area (TPSA) is 189 Å². The molecule has 2 rings (SSSR count). The third kappa shape index (κ3) is 14.3. The minimum Gasteiger partial charge on any atom is -0.461 e. The van der Waals surface area contributed by atoms with Gasteiger partial charge < -0.3 is 24.6 Å². The molecule has 44 heavy (non-hydrogen) atoms. The van der Waals surface area contributed by atoms with Gasteiger partial charge in [-0.15, -0.1) is 20.2 Å². The van der Waals surface area contributed by atoms with Crippen LogP contribution in [0.15, 0.2) is 30.4 Å². The molecule has 0 unspecified atom stereocenters. The average Bonchev–Trinajstić information content (AvgIpc) is 3.25. The standard InChI is InChI=1S/C31H46N2O11/c1-2-3-4-5-8-11-26(34)16-17-28-27(29(35)19-30(28)36)12-9-6-7-10-13-31(37)42-20-23-14-15-24(21-43-32(38)39)25(18-23)22-44-33(40)41/h6,9,14-15,18,27-30,35-36H,2-5,7-8,10-13,16-17,19-22H2,1H3/b9-6-/t27-,28-,29+,30-/m1/s1. The van der Waals surface area contributed by atoms with Gasteiger partial charge in [0.25, 0.3) is 10.2 Å². The third-order valence-electron chi connectivity index (χ3n) is 7.99. The van der Waals surface area contributed by atoms with Crippen molar-refractivity contribution in [1.82, 2.24) is 0 Å². The van der Waals surface area contributed by atoms with E-state index >= 15 is 0 Å². The van der Waals surface area contributed by atoms with Gasteiger partial charge in [0.15, 0.2) is 0 Å². The molecule has 4 atom stereocenters. The SMILES string of the molecule is CCCCCCCC(=O)CC[C@@H]1[C@@H](C/C=C\CCCC(=O)OCc2ccc(CO[N+](=O)[O-])c(CO[N+](=O)[O-])c2)[C@@H](O)C[C@H]1O. The van der Waals surface area contributed by atoms with Gasteiger partial charge in [0.05, 0.1) is 12.2 Å². The number of carbonyl (C=O) groups excluding carboxylic acids is 2. The number of allylic oxidation sites excluding steroid dienone is 2. The molecule has 1 aromatic carbocycles. The van der Waals surface area contributed by atoms with E-state index in [0.717, 1.165) is 19.3 Å². The van der Waals surface area contributed by atoms with Crippen LogP contribution in [0.25, 0.3) is 0 Å². The van der Waals surface area contributed by atoms with Crippen molar-refractivity contribution in [3.8, 4) is 0 Å². The molecular weight excluding hydrogens is 576 g/mol. The lowest BCUT2D eigenvalue weighted by Crippen LogP contribution is -2.22. The number of unbranched alkanes of at least 4 members (excludes halogenated alkanes) is 5. The maximum Gasteiger partial charge on any atom is 0.306 e. The summed E-state index contributed by atoms with van der Waals surface area (Å²) in [6, 6.07) is 4.58. The van der Waals surface area contributed by atoms with Crippen molar-refractivity contribution in [3.05, 3.63) is 67.3 Å². The van der Waals surface area contributed by atoms with Crippen LogP contribution in [-0.2, 0) is 43.8 Å². The van der Waals surface area contributed by atoms with Gasteiger partial charge in [-0.3, -0.25) is 9.59 Å². The van der Waals surface area contributed by atoms with Crippen LogP contribution in [0.3, 0.4) is 0 Å². The molecule has 1 aliphatic carbocycles. The van der Waals surface area contributed by atoms with E-state index in [1.807, 2.05) is 12.2 Å². The Morgan fingerprint density at radius 3 is 2.25 bits per heavy atom. The summed E-state index contributed by atoms with van der Waals surface area (Å²) in [5.74, 6) is -0.428. The number of ether oxygens (including phenoxy) is 1. The molecule has 0 heterocycles. The van der Waals surface area contributed by atoms with Crippen LogP contribution in [-0.4, -0.2) is 44.3 Å². The highest BCUT2D eigenvalue weighted by Gasteiger charge is 2.40. The molecule has 0 radical (unpaired) electrons. The first-order valence-corrected chi connectivity index (χ1v) is 15.4. The van der Waals surface area contributed by atoms with Gasteiger partial charge in [-0.2, -0.15) is 0 Å². The predicted molar refractivity (Wildman–Crippen MR) is 159 cm³/mol. The molecule has 1 aromatic rings. The maximum atomic E-state index is 12.3. The number of hydrogen-bond donors (Lipinski definition) is 2. The number of hydrogen-bond acceptors (Lipinski definition) is 11. The zero-order valence-corrected chi connectivity index (χ0v) is 25.5. The van der Waals surface area contributed by atoms with Crippen LogP contribution in [0.2, 0.25) is 0 Å². The monoisotopic (exact) mass is 622 g/mol. The highest BCUT2D eigenvalue weighted by molar-refractivity contribution is 5.78. The largest absolute Gasteiger partial charge is 0.461 e. The summed E-state index contributed by atoms with van der Waals surface area (Å²) in [4.78, 5) is 54.3. The number of ketones is 1. The molecule has 0 amide bonds. The fourth-order valence-corrected chi connectivity index (χ4v) is 5.54. The molecule has 0 aromatic heterocycles. The van der Waals surface area contributed by atoms with Crippen LogP contribution >= 0.6 is 0 Å². The Kier molecular flexibility index (Phi) is 17.0. The zero-order valence-electron chi connectivity index (χ0n) is 25.5. The Balaban J connectivity index is 1.72. The second-order valence-corrected chi connectivity index (χ2v) is 11.3. The Morgan fingerprint density at radius 2 is 1.55 bits per heavy atom. The lowest BCUT2D eigenvalue weighted by molar-refractivity contribution is -0.764. The van der Waals surface area contributed by atoms with Crippen molar-refractivity contribution >= 4 is 11.8 Å². The predicted octanol–water partition coefficient (Wildman–Crippen LogP) is 5.33. The van der Waals surface area contributed by atoms with E-state index in [-0.39, 0.29) is 30.6 Å². The van der Waals surface area contributed by atoms with Gasteiger partial charge in [0.1, 0.15) is 25.6 Å². The lowest BCUT2D eigenvalue weighted by atomic mass is 9.86. The number of nitrogens with zero attached hydrogens (tertiary/aromatic N) is 2. The number of carbonyl (C=O) groups is 2. The number of benzene rings is 1. The van der Waals surface area contributed by atoms with E-state index in [0.29, 0.717) is 61.6 Å². The Morgan fingerprint density at radius 1 is 0.864 bits per heavy atom. The first-order chi connectivity index (χ1) is 21.1. The van der Waals surface area contributed by atoms with E-state index in [1.165, 1.54) is 25.0 Å². The molecule has 0 saturated heterocycles. The minimum absolute atomic E-state index is 0.0822. The summed E-state index contributed by atoms with van der Waals surface area (Å²) in [5.41, 5.74) is 1.16. The summed E-state index contributed by atoms with van der Waals surface area (Å²) >= 11 is 0. The Labute approximate surface area is 257 Å². The van der Waals surface area contributed by atoms with E-state index in [1.54, 1.807) is 6.07 Å². The van der Waals surface area contributed by atoms with Crippen molar-refractivity contribution < 1.29 is 44.4 Å². The molecule has 13 heteroatoms. The molecule has 1 saturated carbocycles. The average molecular weight is 623 g/mol. The summed E-state index contributed by atoms with van der Waals surface area (Å²) in [6.45, 7) is 1.23. The fourth-order valence-electron chi connectivity index (χ4n) is 5.54. The maximum absolute atomic E-state index is 12.3. The molecule has 1 aliphatic rings. The number of rotatable bonds is 23. The quantitative estimate of drug-likeness (QED) is 0.0527. The van der Waals surface area contributed by atoms with Gasteiger partial charge >= 0.3 is 5.97 Å². The Bertz CT molecular complexity index is 1090. The number of Topliss-reactive ketones (excluding diaryl/α,β-unsaturated/α-hetero) is 1. The second-order valence-electron chi connectivity index (χ2n) is 11.3. The molecule has 0 bridgehead atoms. The third-order valence-corrected chi connectivity index (χ3v) is 7.99. The van der Waals surface area contributed by atoms with Crippen molar-refractivity contribution in [1.29, 1.82) is 0 Å². The van der Waals surface area contributed by atoms with Crippen molar-refractivity contribution in [2.75, 3.05) is 0 Å².